The molecule has 8 heteroatoms. The van der Waals surface area contributed by atoms with E-state index in [4.69, 9.17) is 22.4 Å². The zero-order valence-corrected chi connectivity index (χ0v) is 19.6. The lowest BCUT2D eigenvalue weighted by atomic mass is 9.92. The summed E-state index contributed by atoms with van der Waals surface area (Å²) in [6.07, 6.45) is 1.27. The molecule has 0 unspecified atom stereocenters. The van der Waals surface area contributed by atoms with E-state index in [1.807, 2.05) is 23.1 Å². The molecule has 0 spiro atoms. The predicted molar refractivity (Wildman–Crippen MR) is 136 cm³/mol. The minimum atomic E-state index is -0.644. The molecule has 0 atom stereocenters. The molecule has 0 saturated carbocycles. The SMILES string of the molecule is C=CC(=O)N1CCN(C(=N)c2cc(Cl)c(-c3c(O)cccc3F)cc2C(=N)c2ccccc2)CC1. The first-order valence-corrected chi connectivity index (χ1v) is 11.4. The van der Waals surface area contributed by atoms with Crippen molar-refractivity contribution in [2.75, 3.05) is 26.2 Å². The third kappa shape index (κ3) is 4.81. The van der Waals surface area contributed by atoms with E-state index in [-0.39, 0.29) is 39.4 Å². The molecule has 0 aromatic heterocycles. The minimum absolute atomic E-state index is 0.0609. The molecule has 1 heterocycles. The Kier molecular flexibility index (Phi) is 6.98. The van der Waals surface area contributed by atoms with Crippen LogP contribution in [0.15, 0.2) is 73.3 Å². The number of carbonyl (C=O) groups is 1. The number of amidine groups is 1. The molecule has 0 aliphatic carbocycles. The molecule has 4 rings (SSSR count). The fourth-order valence-corrected chi connectivity index (χ4v) is 4.42. The molecule has 1 fully saturated rings. The number of nitrogens with one attached hydrogen (secondary N) is 2. The molecule has 3 aromatic rings. The highest BCUT2D eigenvalue weighted by Crippen LogP contribution is 2.38. The first-order valence-electron chi connectivity index (χ1n) is 11.0. The summed E-state index contributed by atoms with van der Waals surface area (Å²) in [5, 5.41) is 28.3. The highest BCUT2D eigenvalue weighted by molar-refractivity contribution is 6.34. The second-order valence-corrected chi connectivity index (χ2v) is 8.52. The monoisotopic (exact) mass is 490 g/mol. The van der Waals surface area contributed by atoms with E-state index in [0.29, 0.717) is 42.9 Å². The number of aromatic hydroxyl groups is 1. The van der Waals surface area contributed by atoms with Crippen molar-refractivity contribution in [3.63, 3.8) is 0 Å². The summed E-state index contributed by atoms with van der Waals surface area (Å²) < 4.78 is 14.7. The Labute approximate surface area is 207 Å². The van der Waals surface area contributed by atoms with Crippen LogP contribution in [0.2, 0.25) is 5.02 Å². The van der Waals surface area contributed by atoms with Gasteiger partial charge in [0.1, 0.15) is 17.4 Å². The first kappa shape index (κ1) is 24.2. The molecular formula is C27H24ClFN4O2. The smallest absolute Gasteiger partial charge is 0.246 e. The summed E-state index contributed by atoms with van der Waals surface area (Å²) in [4.78, 5) is 15.4. The number of benzene rings is 3. The summed E-state index contributed by atoms with van der Waals surface area (Å²) >= 11 is 6.57. The summed E-state index contributed by atoms with van der Waals surface area (Å²) in [6, 6.07) is 16.1. The fraction of sp³-hybridized carbons (Fsp3) is 0.148. The van der Waals surface area contributed by atoms with Crippen LogP contribution < -0.4 is 0 Å². The van der Waals surface area contributed by atoms with Gasteiger partial charge in [-0.05, 0) is 30.3 Å². The molecule has 178 valence electrons. The van der Waals surface area contributed by atoms with Crippen LogP contribution in [-0.4, -0.2) is 58.5 Å². The Morgan fingerprint density at radius 3 is 2.26 bits per heavy atom. The predicted octanol–water partition coefficient (Wildman–Crippen LogP) is 4.92. The van der Waals surface area contributed by atoms with Crippen molar-refractivity contribution in [2.45, 2.75) is 0 Å². The van der Waals surface area contributed by atoms with Crippen LogP contribution in [0.4, 0.5) is 4.39 Å². The number of hydrogen-bond donors (Lipinski definition) is 3. The van der Waals surface area contributed by atoms with Crippen LogP contribution in [0.25, 0.3) is 11.1 Å². The van der Waals surface area contributed by atoms with Crippen molar-refractivity contribution in [1.29, 1.82) is 10.8 Å². The van der Waals surface area contributed by atoms with Gasteiger partial charge in [0.25, 0.3) is 0 Å². The fourth-order valence-electron chi connectivity index (χ4n) is 4.16. The van der Waals surface area contributed by atoms with E-state index < -0.39 is 5.82 Å². The van der Waals surface area contributed by atoms with E-state index >= 15 is 0 Å². The van der Waals surface area contributed by atoms with Crippen molar-refractivity contribution in [3.8, 4) is 16.9 Å². The number of phenolic OH excluding ortho intramolecular Hbond substituents is 1. The zero-order chi connectivity index (χ0) is 25.1. The van der Waals surface area contributed by atoms with E-state index in [2.05, 4.69) is 6.58 Å². The molecule has 3 aromatic carbocycles. The minimum Gasteiger partial charge on any atom is -0.507 e. The number of carbonyl (C=O) groups excluding carboxylic acids is 1. The number of halogens is 2. The van der Waals surface area contributed by atoms with Crippen LogP contribution in [0, 0.1) is 16.6 Å². The lowest BCUT2D eigenvalue weighted by Gasteiger charge is -2.36. The Bertz CT molecular complexity index is 1300. The van der Waals surface area contributed by atoms with E-state index in [0.717, 1.165) is 0 Å². The Morgan fingerprint density at radius 2 is 1.63 bits per heavy atom. The van der Waals surface area contributed by atoms with Crippen LogP contribution in [-0.2, 0) is 4.79 Å². The summed E-state index contributed by atoms with van der Waals surface area (Å²) in [5.74, 6) is -0.915. The molecule has 35 heavy (non-hydrogen) atoms. The van der Waals surface area contributed by atoms with Gasteiger partial charge in [-0.2, -0.15) is 0 Å². The van der Waals surface area contributed by atoms with Crippen LogP contribution in [0.3, 0.4) is 0 Å². The van der Waals surface area contributed by atoms with Crippen LogP contribution in [0.5, 0.6) is 5.75 Å². The van der Waals surface area contributed by atoms with Gasteiger partial charge in [-0.3, -0.25) is 15.6 Å². The quantitative estimate of drug-likeness (QED) is 0.269. The molecular weight excluding hydrogens is 467 g/mol. The van der Waals surface area contributed by atoms with Gasteiger partial charge >= 0.3 is 0 Å². The van der Waals surface area contributed by atoms with Gasteiger partial charge < -0.3 is 14.9 Å². The van der Waals surface area contributed by atoms with Gasteiger partial charge in [0, 0.05) is 53.5 Å². The normalized spacial score (nSPS) is 13.4. The standard InChI is InChI=1S/C27H24ClFN4O2/c1-2-24(35)32-11-13-33(14-12-32)27(31)19-16-21(28)20(25-22(29)9-6-10-23(25)34)15-18(19)26(30)17-7-4-3-5-8-17/h2-10,15-16,30-31,34H,1,11-14H2. The van der Waals surface area contributed by atoms with Gasteiger partial charge in [0.15, 0.2) is 0 Å². The zero-order valence-electron chi connectivity index (χ0n) is 18.9. The van der Waals surface area contributed by atoms with E-state index in [9.17, 15) is 14.3 Å². The Morgan fingerprint density at radius 1 is 0.971 bits per heavy atom. The van der Waals surface area contributed by atoms with Crippen LogP contribution in [0.1, 0.15) is 16.7 Å². The number of amides is 1. The highest BCUT2D eigenvalue weighted by Gasteiger charge is 2.26. The lowest BCUT2D eigenvalue weighted by Crippen LogP contribution is -2.50. The van der Waals surface area contributed by atoms with Gasteiger partial charge in [0.05, 0.1) is 11.3 Å². The third-order valence-electron chi connectivity index (χ3n) is 6.04. The van der Waals surface area contributed by atoms with Gasteiger partial charge in [-0.15, -0.1) is 0 Å². The second-order valence-electron chi connectivity index (χ2n) is 8.12. The van der Waals surface area contributed by atoms with Crippen LogP contribution >= 0.6 is 11.6 Å². The summed E-state index contributed by atoms with van der Waals surface area (Å²) in [6.45, 7) is 5.27. The van der Waals surface area contributed by atoms with E-state index in [1.54, 1.807) is 29.2 Å². The molecule has 1 aliphatic rings. The van der Waals surface area contributed by atoms with Gasteiger partial charge in [-0.25, -0.2) is 4.39 Å². The maximum atomic E-state index is 14.7. The molecule has 0 bridgehead atoms. The van der Waals surface area contributed by atoms with Crippen molar-refractivity contribution in [2.24, 2.45) is 0 Å². The number of hydrogen-bond acceptors (Lipinski definition) is 4. The van der Waals surface area contributed by atoms with Crippen molar-refractivity contribution in [1.82, 2.24) is 9.80 Å². The average molecular weight is 491 g/mol. The maximum absolute atomic E-state index is 14.7. The molecule has 1 aliphatic heterocycles. The second kappa shape index (κ2) is 10.1. The molecule has 6 nitrogen and oxygen atoms in total. The largest absolute Gasteiger partial charge is 0.507 e. The molecule has 0 radical (unpaired) electrons. The topological polar surface area (TPSA) is 91.5 Å². The Hall–Kier alpha value is -3.97. The van der Waals surface area contributed by atoms with Crippen molar-refractivity contribution in [3.05, 3.63) is 101 Å². The Balaban J connectivity index is 1.79. The number of rotatable bonds is 5. The summed E-state index contributed by atoms with van der Waals surface area (Å²) in [7, 11) is 0. The summed E-state index contributed by atoms with van der Waals surface area (Å²) in [5.41, 5.74) is 1.72. The molecule has 1 amide bonds. The number of phenols is 1. The van der Waals surface area contributed by atoms with Crippen molar-refractivity contribution >= 4 is 29.1 Å². The third-order valence-corrected chi connectivity index (χ3v) is 6.35. The molecule has 1 saturated heterocycles. The lowest BCUT2D eigenvalue weighted by molar-refractivity contribution is -0.127. The van der Waals surface area contributed by atoms with E-state index in [1.165, 1.54) is 24.3 Å². The number of piperazine rings is 1. The van der Waals surface area contributed by atoms with Crippen molar-refractivity contribution < 1.29 is 14.3 Å². The van der Waals surface area contributed by atoms with Gasteiger partial charge in [0.2, 0.25) is 5.91 Å². The number of nitrogens with zero attached hydrogens (tertiary/aromatic N) is 2. The average Bonchev–Trinajstić information content (AvgIpc) is 2.88. The maximum Gasteiger partial charge on any atom is 0.246 e. The van der Waals surface area contributed by atoms with Gasteiger partial charge in [-0.1, -0.05) is 54.6 Å². The first-order chi connectivity index (χ1) is 16.8. The molecule has 3 N–H and O–H groups in total. The highest BCUT2D eigenvalue weighted by atomic mass is 35.5.